The molecule has 0 aliphatic carbocycles. The van der Waals surface area contributed by atoms with E-state index in [0.717, 1.165) is 35.1 Å². The summed E-state index contributed by atoms with van der Waals surface area (Å²) in [6.07, 6.45) is 1.81. The summed E-state index contributed by atoms with van der Waals surface area (Å²) >= 11 is 12.1. The summed E-state index contributed by atoms with van der Waals surface area (Å²) in [6.45, 7) is 3.72. The van der Waals surface area contributed by atoms with E-state index in [2.05, 4.69) is 16.8 Å². The minimum atomic E-state index is 0.479. The highest BCUT2D eigenvalue weighted by atomic mass is 35.5. The van der Waals surface area contributed by atoms with Crippen LogP contribution in [-0.4, -0.2) is 11.5 Å². The number of anilines is 1. The normalized spacial score (nSPS) is 10.5. The molecule has 1 heterocycles. The summed E-state index contributed by atoms with van der Waals surface area (Å²) in [6, 6.07) is 11.9. The van der Waals surface area contributed by atoms with Gasteiger partial charge in [0.05, 0.1) is 22.9 Å². The zero-order chi connectivity index (χ0) is 13.7. The van der Waals surface area contributed by atoms with Gasteiger partial charge < -0.3 is 4.90 Å². The predicted molar refractivity (Wildman–Crippen MR) is 82.0 cm³/mol. The van der Waals surface area contributed by atoms with Crippen LogP contribution < -0.4 is 4.90 Å². The molecule has 0 amide bonds. The van der Waals surface area contributed by atoms with Gasteiger partial charge in [-0.05, 0) is 36.8 Å². The molecule has 0 fully saturated rings. The van der Waals surface area contributed by atoms with Gasteiger partial charge in [0.2, 0.25) is 0 Å². The highest BCUT2D eigenvalue weighted by molar-refractivity contribution is 6.33. The van der Waals surface area contributed by atoms with E-state index in [9.17, 15) is 0 Å². The van der Waals surface area contributed by atoms with Crippen molar-refractivity contribution in [2.75, 3.05) is 11.4 Å². The second-order valence-electron chi connectivity index (χ2n) is 4.25. The molecule has 0 atom stereocenters. The van der Waals surface area contributed by atoms with Crippen LogP contribution in [0.25, 0.3) is 0 Å². The second kappa shape index (κ2) is 6.78. The molecule has 0 bridgehead atoms. The van der Waals surface area contributed by atoms with Gasteiger partial charge in [0.15, 0.2) is 0 Å². The first-order valence-electron chi connectivity index (χ1n) is 6.24. The number of rotatable bonds is 5. The molecule has 2 aromatic rings. The van der Waals surface area contributed by atoms with Gasteiger partial charge in [-0.25, -0.2) is 0 Å². The number of hydrogen-bond donors (Lipinski definition) is 0. The third-order valence-corrected chi connectivity index (χ3v) is 3.58. The van der Waals surface area contributed by atoms with Gasteiger partial charge in [0.25, 0.3) is 0 Å². The first kappa shape index (κ1) is 14.2. The van der Waals surface area contributed by atoms with Crippen molar-refractivity contribution in [2.45, 2.75) is 19.3 Å². The van der Waals surface area contributed by atoms with E-state index < -0.39 is 0 Å². The summed E-state index contributed by atoms with van der Waals surface area (Å²) in [5, 5.41) is 0.732. The van der Waals surface area contributed by atoms with Gasteiger partial charge in [-0.15, -0.1) is 11.6 Å². The van der Waals surface area contributed by atoms with Gasteiger partial charge in [-0.3, -0.25) is 4.98 Å². The largest absolute Gasteiger partial charge is 0.365 e. The monoisotopic (exact) mass is 294 g/mol. The van der Waals surface area contributed by atoms with Crippen LogP contribution in [0.4, 0.5) is 5.69 Å². The Morgan fingerprint density at radius 1 is 1.21 bits per heavy atom. The first-order valence-corrected chi connectivity index (χ1v) is 7.15. The lowest BCUT2D eigenvalue weighted by Gasteiger charge is -2.24. The van der Waals surface area contributed by atoms with Crippen LogP contribution in [0, 0.1) is 0 Å². The second-order valence-corrected chi connectivity index (χ2v) is 4.93. The van der Waals surface area contributed by atoms with Gasteiger partial charge in [-0.2, -0.15) is 0 Å². The van der Waals surface area contributed by atoms with Gasteiger partial charge in [-0.1, -0.05) is 23.7 Å². The fourth-order valence-electron chi connectivity index (χ4n) is 1.94. The standard InChI is InChI=1S/C15H16Cl2N2/c1-2-19(11-13-5-3-4-8-18-13)15-7-6-12(10-16)9-14(15)17/h3-9H,2,10-11H2,1H3. The summed E-state index contributed by atoms with van der Waals surface area (Å²) < 4.78 is 0. The van der Waals surface area contributed by atoms with Crippen molar-refractivity contribution < 1.29 is 0 Å². The fourth-order valence-corrected chi connectivity index (χ4v) is 2.43. The molecule has 2 rings (SSSR count). The summed E-state index contributed by atoms with van der Waals surface area (Å²) in [5.74, 6) is 0.479. The number of halogens is 2. The maximum absolute atomic E-state index is 6.33. The SMILES string of the molecule is CCN(Cc1ccccn1)c1ccc(CCl)cc1Cl. The first-order chi connectivity index (χ1) is 9.24. The van der Waals surface area contributed by atoms with Crippen LogP contribution >= 0.6 is 23.2 Å². The third kappa shape index (κ3) is 3.62. The predicted octanol–water partition coefficient (Wildman–Crippen LogP) is 4.50. The average Bonchev–Trinajstić information content (AvgIpc) is 2.46. The number of aromatic nitrogens is 1. The van der Waals surface area contributed by atoms with Gasteiger partial charge in [0.1, 0.15) is 0 Å². The van der Waals surface area contributed by atoms with E-state index in [0.29, 0.717) is 5.88 Å². The zero-order valence-electron chi connectivity index (χ0n) is 10.8. The lowest BCUT2D eigenvalue weighted by molar-refractivity contribution is 0.809. The molecule has 0 N–H and O–H groups in total. The molecule has 0 radical (unpaired) electrons. The van der Waals surface area contributed by atoms with Crippen molar-refractivity contribution in [3.05, 3.63) is 58.9 Å². The molecule has 0 saturated carbocycles. The number of pyridine rings is 1. The molecule has 0 spiro atoms. The molecule has 4 heteroatoms. The molecular weight excluding hydrogens is 279 g/mol. The number of benzene rings is 1. The van der Waals surface area contributed by atoms with Crippen molar-refractivity contribution in [1.82, 2.24) is 4.98 Å². The van der Waals surface area contributed by atoms with Gasteiger partial charge >= 0.3 is 0 Å². The van der Waals surface area contributed by atoms with E-state index >= 15 is 0 Å². The van der Waals surface area contributed by atoms with Gasteiger partial charge in [0, 0.05) is 18.6 Å². The number of alkyl halides is 1. The maximum Gasteiger partial charge on any atom is 0.0642 e. The van der Waals surface area contributed by atoms with Crippen molar-refractivity contribution >= 4 is 28.9 Å². The molecule has 0 aliphatic heterocycles. The van der Waals surface area contributed by atoms with E-state index in [-0.39, 0.29) is 0 Å². The zero-order valence-corrected chi connectivity index (χ0v) is 12.3. The summed E-state index contributed by atoms with van der Waals surface area (Å²) in [7, 11) is 0. The minimum absolute atomic E-state index is 0.479. The third-order valence-electron chi connectivity index (χ3n) is 2.97. The topological polar surface area (TPSA) is 16.1 Å². The van der Waals surface area contributed by atoms with Crippen LogP contribution in [0.1, 0.15) is 18.2 Å². The molecule has 19 heavy (non-hydrogen) atoms. The van der Waals surface area contributed by atoms with Crippen molar-refractivity contribution in [2.24, 2.45) is 0 Å². The van der Waals surface area contributed by atoms with Crippen LogP contribution in [0.3, 0.4) is 0 Å². The molecule has 0 saturated heterocycles. The summed E-state index contributed by atoms with van der Waals surface area (Å²) in [4.78, 5) is 6.55. The van der Waals surface area contributed by atoms with E-state index in [1.165, 1.54) is 0 Å². The number of nitrogens with zero attached hydrogens (tertiary/aromatic N) is 2. The van der Waals surface area contributed by atoms with E-state index in [1.54, 1.807) is 6.20 Å². The quantitative estimate of drug-likeness (QED) is 0.755. The van der Waals surface area contributed by atoms with Crippen LogP contribution in [0.5, 0.6) is 0 Å². The molecule has 0 unspecified atom stereocenters. The maximum atomic E-state index is 6.33. The van der Waals surface area contributed by atoms with E-state index in [4.69, 9.17) is 23.2 Å². The number of hydrogen-bond acceptors (Lipinski definition) is 2. The Morgan fingerprint density at radius 3 is 2.63 bits per heavy atom. The van der Waals surface area contributed by atoms with Crippen LogP contribution in [-0.2, 0) is 12.4 Å². The Morgan fingerprint density at radius 2 is 2.05 bits per heavy atom. The Balaban J connectivity index is 2.22. The minimum Gasteiger partial charge on any atom is -0.365 e. The molecule has 2 nitrogen and oxygen atoms in total. The Bertz CT molecular complexity index is 529. The van der Waals surface area contributed by atoms with Crippen molar-refractivity contribution in [3.63, 3.8) is 0 Å². The van der Waals surface area contributed by atoms with Crippen molar-refractivity contribution in [1.29, 1.82) is 0 Å². The van der Waals surface area contributed by atoms with Crippen LogP contribution in [0.2, 0.25) is 5.02 Å². The van der Waals surface area contributed by atoms with Crippen LogP contribution in [0.15, 0.2) is 42.6 Å². The molecule has 100 valence electrons. The average molecular weight is 295 g/mol. The Hall–Kier alpha value is -1.25. The Kier molecular flexibility index (Phi) is 5.06. The lowest BCUT2D eigenvalue weighted by atomic mass is 10.2. The van der Waals surface area contributed by atoms with Crippen molar-refractivity contribution in [3.8, 4) is 0 Å². The molecule has 1 aromatic heterocycles. The molecule has 1 aromatic carbocycles. The molecular formula is C15H16Cl2N2. The summed E-state index contributed by atoms with van der Waals surface area (Å²) in [5.41, 5.74) is 3.08. The smallest absolute Gasteiger partial charge is 0.0642 e. The fraction of sp³-hybridized carbons (Fsp3) is 0.267. The highest BCUT2D eigenvalue weighted by Crippen LogP contribution is 2.28. The van der Waals surface area contributed by atoms with E-state index in [1.807, 2.05) is 36.4 Å². The lowest BCUT2D eigenvalue weighted by Crippen LogP contribution is -2.22. The Labute approximate surface area is 124 Å². The molecule has 0 aliphatic rings. The highest BCUT2D eigenvalue weighted by Gasteiger charge is 2.10.